The zero-order valence-electron chi connectivity index (χ0n) is 16.9. The lowest BCUT2D eigenvalue weighted by Gasteiger charge is -2.35. The Morgan fingerprint density at radius 1 is 1.37 bits per heavy atom. The summed E-state index contributed by atoms with van der Waals surface area (Å²) in [5, 5.41) is 11.1. The first kappa shape index (κ1) is 20.0. The maximum Gasteiger partial charge on any atom is 0.235 e. The van der Waals surface area contributed by atoms with Gasteiger partial charge < -0.3 is 14.4 Å². The lowest BCUT2D eigenvalue weighted by atomic mass is 9.86. The summed E-state index contributed by atoms with van der Waals surface area (Å²) in [6.07, 6.45) is 5.46. The van der Waals surface area contributed by atoms with E-state index in [4.69, 9.17) is 21.1 Å². The van der Waals surface area contributed by atoms with Crippen LogP contribution in [-0.2, 0) is 4.74 Å². The van der Waals surface area contributed by atoms with E-state index in [1.807, 2.05) is 19.1 Å². The number of nitriles is 1. The number of hydrogen-bond acceptors (Lipinski definition) is 7. The van der Waals surface area contributed by atoms with E-state index in [1.165, 1.54) is 0 Å². The fourth-order valence-electron chi connectivity index (χ4n) is 4.62. The Bertz CT molecular complexity index is 1060. The molecule has 2 fully saturated rings. The van der Waals surface area contributed by atoms with E-state index in [2.05, 4.69) is 33.2 Å². The van der Waals surface area contributed by atoms with Gasteiger partial charge in [-0.2, -0.15) is 5.26 Å². The third-order valence-electron chi connectivity index (χ3n) is 6.41. The third-order valence-corrected chi connectivity index (χ3v) is 7.98. The first-order valence-electron chi connectivity index (χ1n) is 10.3. The highest BCUT2D eigenvalue weighted by Crippen LogP contribution is 2.42. The first-order chi connectivity index (χ1) is 14.6. The van der Waals surface area contributed by atoms with Crippen molar-refractivity contribution in [3.63, 3.8) is 0 Å². The third kappa shape index (κ3) is 3.23. The summed E-state index contributed by atoms with van der Waals surface area (Å²) >= 11 is 8.29. The number of piperidine rings is 1. The number of nitrogens with zero attached hydrogens (tertiary/aromatic N) is 4. The standard InChI is InChI=1S/C22H23ClN4O2S/c1-3-27-7-14-9-28-17(8-27)20(14)29-22-21-19(25-11-26-22)16(10-30-21)15-5-4-13(6-24)12(2)18(15)23/h4-5,10-12,14,17-18,20H,3,7-9H2,1-2H3. The number of fused-ring (bicyclic) bond motifs is 3. The number of hydrogen-bond donors (Lipinski definition) is 0. The quantitative estimate of drug-likeness (QED) is 0.669. The van der Waals surface area contributed by atoms with Gasteiger partial charge in [0.25, 0.3) is 0 Å². The van der Waals surface area contributed by atoms with Crippen molar-refractivity contribution in [3.8, 4) is 11.9 Å². The summed E-state index contributed by atoms with van der Waals surface area (Å²) in [7, 11) is 0. The van der Waals surface area contributed by atoms with Crippen LogP contribution in [0.15, 0.2) is 29.4 Å². The smallest absolute Gasteiger partial charge is 0.235 e. The van der Waals surface area contributed by atoms with Crippen molar-refractivity contribution in [1.29, 1.82) is 5.26 Å². The van der Waals surface area contributed by atoms with E-state index in [0.717, 1.165) is 47.6 Å². The summed E-state index contributed by atoms with van der Waals surface area (Å²) in [5.41, 5.74) is 3.52. The van der Waals surface area contributed by atoms with Gasteiger partial charge >= 0.3 is 0 Å². The van der Waals surface area contributed by atoms with E-state index < -0.39 is 0 Å². The first-order valence-corrected chi connectivity index (χ1v) is 11.6. The van der Waals surface area contributed by atoms with Gasteiger partial charge in [-0.25, -0.2) is 9.97 Å². The predicted octanol–water partition coefficient (Wildman–Crippen LogP) is 3.88. The second kappa shape index (κ2) is 7.93. The Morgan fingerprint density at radius 3 is 3.00 bits per heavy atom. The molecule has 0 aromatic carbocycles. The molecule has 0 radical (unpaired) electrons. The maximum atomic E-state index is 9.29. The number of halogens is 1. The number of thiophene rings is 1. The fourth-order valence-corrected chi connectivity index (χ4v) is 5.90. The molecule has 1 aliphatic carbocycles. The maximum absolute atomic E-state index is 9.29. The molecule has 6 nitrogen and oxygen atoms in total. The highest BCUT2D eigenvalue weighted by molar-refractivity contribution is 7.17. The monoisotopic (exact) mass is 442 g/mol. The molecule has 2 bridgehead atoms. The second-order valence-corrected chi connectivity index (χ2v) is 9.47. The molecule has 2 aliphatic heterocycles. The summed E-state index contributed by atoms with van der Waals surface area (Å²) in [5.74, 6) is 0.938. The highest BCUT2D eigenvalue weighted by atomic mass is 35.5. The van der Waals surface area contributed by atoms with Crippen LogP contribution in [0.25, 0.3) is 15.8 Å². The zero-order chi connectivity index (χ0) is 20.8. The number of alkyl halides is 1. The van der Waals surface area contributed by atoms with E-state index in [1.54, 1.807) is 17.7 Å². The molecule has 2 aromatic heterocycles. The average molecular weight is 443 g/mol. The molecular formula is C22H23ClN4O2S. The molecule has 0 N–H and O–H groups in total. The van der Waals surface area contributed by atoms with Crippen LogP contribution in [0, 0.1) is 23.2 Å². The van der Waals surface area contributed by atoms with Gasteiger partial charge in [0, 0.05) is 41.4 Å². The lowest BCUT2D eigenvalue weighted by Crippen LogP contribution is -2.50. The van der Waals surface area contributed by atoms with Crippen LogP contribution in [0.4, 0.5) is 0 Å². The van der Waals surface area contributed by atoms with Gasteiger partial charge in [-0.05, 0) is 18.2 Å². The van der Waals surface area contributed by atoms with Gasteiger partial charge in [0.2, 0.25) is 5.88 Å². The number of aromatic nitrogens is 2. The molecule has 8 heteroatoms. The number of allylic oxidation sites excluding steroid dienone is 4. The molecule has 5 atom stereocenters. The summed E-state index contributed by atoms with van der Waals surface area (Å²) in [6, 6.07) is 2.24. The van der Waals surface area contributed by atoms with Crippen molar-refractivity contribution in [2.24, 2.45) is 11.8 Å². The molecule has 30 heavy (non-hydrogen) atoms. The Kier molecular flexibility index (Phi) is 5.28. The van der Waals surface area contributed by atoms with Crippen molar-refractivity contribution in [3.05, 3.63) is 35.0 Å². The molecule has 5 rings (SSSR count). The zero-order valence-corrected chi connectivity index (χ0v) is 18.5. The Balaban J connectivity index is 1.46. The number of ether oxygens (including phenoxy) is 2. The second-order valence-electron chi connectivity index (χ2n) is 8.12. The van der Waals surface area contributed by atoms with Gasteiger partial charge in [0.05, 0.1) is 23.6 Å². The molecule has 2 saturated heterocycles. The summed E-state index contributed by atoms with van der Waals surface area (Å²) < 4.78 is 13.3. The summed E-state index contributed by atoms with van der Waals surface area (Å²) in [4.78, 5) is 11.4. The number of rotatable bonds is 4. The molecule has 4 heterocycles. The van der Waals surface area contributed by atoms with Gasteiger partial charge in [-0.15, -0.1) is 22.9 Å². The van der Waals surface area contributed by atoms with E-state index in [0.29, 0.717) is 17.4 Å². The normalized spacial score (nSPS) is 31.3. The molecule has 156 valence electrons. The van der Waals surface area contributed by atoms with E-state index >= 15 is 0 Å². The van der Waals surface area contributed by atoms with E-state index in [-0.39, 0.29) is 23.5 Å². The minimum Gasteiger partial charge on any atom is -0.470 e. The van der Waals surface area contributed by atoms with Crippen molar-refractivity contribution < 1.29 is 9.47 Å². The SMILES string of the molecule is CCN1CC2COC(C1)C2Oc1ncnc2c(C3=CC=C(C#N)C(C)C3Cl)csc12. The van der Waals surface area contributed by atoms with Crippen LogP contribution >= 0.6 is 22.9 Å². The van der Waals surface area contributed by atoms with Crippen LogP contribution in [0.5, 0.6) is 5.88 Å². The van der Waals surface area contributed by atoms with Crippen LogP contribution in [0.2, 0.25) is 0 Å². The lowest BCUT2D eigenvalue weighted by molar-refractivity contribution is 0.00528. The number of likely N-dealkylation sites (tertiary alicyclic amines) is 1. The topological polar surface area (TPSA) is 71.3 Å². The van der Waals surface area contributed by atoms with Gasteiger partial charge in [-0.3, -0.25) is 0 Å². The van der Waals surface area contributed by atoms with Crippen molar-refractivity contribution in [1.82, 2.24) is 14.9 Å². The van der Waals surface area contributed by atoms with Crippen LogP contribution in [0.3, 0.4) is 0 Å². The number of likely N-dealkylation sites (N-methyl/N-ethyl adjacent to an activating group) is 1. The van der Waals surface area contributed by atoms with Crippen molar-refractivity contribution in [2.75, 3.05) is 26.2 Å². The Morgan fingerprint density at radius 2 is 2.23 bits per heavy atom. The minimum absolute atomic E-state index is 0.0206. The summed E-state index contributed by atoms with van der Waals surface area (Å²) in [6.45, 7) is 7.83. The highest BCUT2D eigenvalue weighted by Gasteiger charge is 2.45. The average Bonchev–Trinajstić information content (AvgIpc) is 3.28. The molecule has 0 amide bonds. The van der Waals surface area contributed by atoms with Gasteiger partial charge in [-0.1, -0.05) is 19.9 Å². The largest absolute Gasteiger partial charge is 0.470 e. The van der Waals surface area contributed by atoms with Crippen LogP contribution in [-0.4, -0.2) is 58.7 Å². The molecule has 0 saturated carbocycles. The predicted molar refractivity (Wildman–Crippen MR) is 118 cm³/mol. The van der Waals surface area contributed by atoms with E-state index in [9.17, 15) is 5.26 Å². The van der Waals surface area contributed by atoms with Crippen LogP contribution in [0.1, 0.15) is 19.4 Å². The minimum atomic E-state index is -0.274. The molecule has 3 aliphatic rings. The Labute approximate surface area is 184 Å². The van der Waals surface area contributed by atoms with Gasteiger partial charge in [0.15, 0.2) is 0 Å². The van der Waals surface area contributed by atoms with Crippen molar-refractivity contribution in [2.45, 2.75) is 31.4 Å². The van der Waals surface area contributed by atoms with Crippen molar-refractivity contribution >= 4 is 38.7 Å². The molecular weight excluding hydrogens is 420 g/mol. The van der Waals surface area contributed by atoms with Gasteiger partial charge in [0.1, 0.15) is 23.2 Å². The molecule has 5 unspecified atom stereocenters. The fraction of sp³-hybridized carbons (Fsp3) is 0.500. The Hall–Kier alpha value is -1.98. The molecule has 0 spiro atoms. The molecule has 2 aromatic rings. The van der Waals surface area contributed by atoms with Crippen LogP contribution < -0.4 is 4.74 Å².